The van der Waals surface area contributed by atoms with E-state index < -0.39 is 0 Å². The highest BCUT2D eigenvalue weighted by molar-refractivity contribution is 9.10. The number of aryl methyl sites for hydroxylation is 1. The molecule has 0 saturated heterocycles. The number of nitrogens with one attached hydrogen (secondary N) is 1. The fraction of sp³-hybridized carbons (Fsp3) is 0.333. The van der Waals surface area contributed by atoms with Crippen molar-refractivity contribution in [2.24, 2.45) is 5.84 Å². The van der Waals surface area contributed by atoms with Crippen molar-refractivity contribution in [2.75, 3.05) is 0 Å². The molecule has 0 aliphatic heterocycles. The van der Waals surface area contributed by atoms with E-state index in [0.717, 1.165) is 23.7 Å². The predicted octanol–water partition coefficient (Wildman–Crippen LogP) is 3.69. The summed E-state index contributed by atoms with van der Waals surface area (Å²) in [6.07, 6.45) is 3.01. The first-order chi connectivity index (χ1) is 9.22. The topological polar surface area (TPSA) is 38.0 Å². The van der Waals surface area contributed by atoms with Crippen LogP contribution in [0.1, 0.15) is 22.2 Å². The minimum Gasteiger partial charge on any atom is -0.271 e. The van der Waals surface area contributed by atoms with Crippen molar-refractivity contribution in [1.29, 1.82) is 0 Å². The lowest BCUT2D eigenvalue weighted by atomic mass is 10.0. The number of thiophene rings is 1. The number of hydrazine groups is 1. The van der Waals surface area contributed by atoms with E-state index in [-0.39, 0.29) is 6.04 Å². The molecule has 0 aliphatic carbocycles. The van der Waals surface area contributed by atoms with E-state index >= 15 is 0 Å². The monoisotopic (exact) mass is 338 g/mol. The van der Waals surface area contributed by atoms with Gasteiger partial charge in [-0.3, -0.25) is 11.3 Å². The Morgan fingerprint density at radius 1 is 1.16 bits per heavy atom. The van der Waals surface area contributed by atoms with Crippen molar-refractivity contribution < 1.29 is 0 Å². The molecule has 0 aliphatic rings. The summed E-state index contributed by atoms with van der Waals surface area (Å²) in [6.45, 7) is 2.19. The van der Waals surface area contributed by atoms with E-state index in [4.69, 9.17) is 5.84 Å². The lowest BCUT2D eigenvalue weighted by Gasteiger charge is -2.16. The summed E-state index contributed by atoms with van der Waals surface area (Å²) in [5.74, 6) is 5.70. The molecule has 0 bridgehead atoms. The average Bonchev–Trinajstić information content (AvgIpc) is 2.88. The van der Waals surface area contributed by atoms with E-state index in [9.17, 15) is 0 Å². The maximum atomic E-state index is 5.70. The van der Waals surface area contributed by atoms with Gasteiger partial charge in [0.25, 0.3) is 0 Å². The Bertz CT molecular complexity index is 524. The van der Waals surface area contributed by atoms with Crippen LogP contribution >= 0.6 is 27.3 Å². The van der Waals surface area contributed by atoms with Crippen LogP contribution in [0.2, 0.25) is 0 Å². The number of hydrogen-bond acceptors (Lipinski definition) is 3. The second kappa shape index (κ2) is 7.20. The second-order valence-electron chi connectivity index (χ2n) is 4.58. The first kappa shape index (κ1) is 14.7. The van der Waals surface area contributed by atoms with Gasteiger partial charge < -0.3 is 0 Å². The zero-order valence-corrected chi connectivity index (χ0v) is 13.4. The van der Waals surface area contributed by atoms with Gasteiger partial charge in [-0.25, -0.2) is 0 Å². The Kier molecular flexibility index (Phi) is 5.58. The van der Waals surface area contributed by atoms with Crippen LogP contribution in [0.4, 0.5) is 0 Å². The fourth-order valence-electron chi connectivity index (χ4n) is 2.08. The summed E-state index contributed by atoms with van der Waals surface area (Å²) in [6, 6.07) is 13.0. The smallest absolute Gasteiger partial charge is 0.0299 e. The maximum Gasteiger partial charge on any atom is 0.0299 e. The molecule has 1 heterocycles. The highest BCUT2D eigenvalue weighted by atomic mass is 79.9. The van der Waals surface area contributed by atoms with Gasteiger partial charge in [0.05, 0.1) is 0 Å². The molecule has 0 spiro atoms. The lowest BCUT2D eigenvalue weighted by Crippen LogP contribution is -2.38. The minimum atomic E-state index is 0.266. The van der Waals surface area contributed by atoms with Crippen molar-refractivity contribution in [3.05, 3.63) is 56.2 Å². The van der Waals surface area contributed by atoms with Crippen molar-refractivity contribution >= 4 is 27.3 Å². The Hall–Kier alpha value is -0.680. The fourth-order valence-corrected chi connectivity index (χ4v) is 3.57. The van der Waals surface area contributed by atoms with Crippen LogP contribution in [0.25, 0.3) is 0 Å². The minimum absolute atomic E-state index is 0.266. The quantitative estimate of drug-likeness (QED) is 0.622. The van der Waals surface area contributed by atoms with Crippen molar-refractivity contribution in [2.45, 2.75) is 32.2 Å². The third-order valence-electron chi connectivity index (χ3n) is 3.17. The molecular weight excluding hydrogens is 320 g/mol. The molecule has 2 nitrogen and oxygen atoms in total. The molecule has 0 amide bonds. The molecule has 1 unspecified atom stereocenters. The van der Waals surface area contributed by atoms with E-state index in [1.54, 1.807) is 0 Å². The highest BCUT2D eigenvalue weighted by Gasteiger charge is 2.12. The van der Waals surface area contributed by atoms with E-state index in [2.05, 4.69) is 58.6 Å². The number of hydrogen-bond donors (Lipinski definition) is 2. The van der Waals surface area contributed by atoms with Crippen LogP contribution in [-0.4, -0.2) is 6.04 Å². The molecule has 0 fully saturated rings. The zero-order chi connectivity index (χ0) is 13.7. The molecule has 102 valence electrons. The van der Waals surface area contributed by atoms with Crippen molar-refractivity contribution in [1.82, 2.24) is 5.43 Å². The zero-order valence-electron chi connectivity index (χ0n) is 11.0. The summed E-state index contributed by atoms with van der Waals surface area (Å²) < 4.78 is 1.15. The lowest BCUT2D eigenvalue weighted by molar-refractivity contribution is 0.525. The Morgan fingerprint density at radius 3 is 2.53 bits per heavy atom. The van der Waals surface area contributed by atoms with E-state index in [1.165, 1.54) is 15.3 Å². The summed E-state index contributed by atoms with van der Waals surface area (Å²) >= 11 is 5.47. The Morgan fingerprint density at radius 2 is 1.89 bits per heavy atom. The van der Waals surface area contributed by atoms with Gasteiger partial charge in [0.1, 0.15) is 0 Å². The molecule has 0 saturated carbocycles. The first-order valence-corrected chi connectivity index (χ1v) is 8.11. The standard InChI is InChI=1S/C15H19BrN2S/c1-2-13-7-8-14(19-13)10-12(18-17)9-11-5-3-4-6-15(11)16/h3-8,12,18H,2,9-10,17H2,1H3. The first-order valence-electron chi connectivity index (χ1n) is 6.50. The predicted molar refractivity (Wildman–Crippen MR) is 86.4 cm³/mol. The van der Waals surface area contributed by atoms with Gasteiger partial charge in [0.15, 0.2) is 0 Å². The highest BCUT2D eigenvalue weighted by Crippen LogP contribution is 2.21. The van der Waals surface area contributed by atoms with E-state index in [0.29, 0.717) is 0 Å². The summed E-state index contributed by atoms with van der Waals surface area (Å²) in [5, 5.41) is 0. The molecule has 2 rings (SSSR count). The van der Waals surface area contributed by atoms with E-state index in [1.807, 2.05) is 17.4 Å². The molecule has 0 radical (unpaired) electrons. The van der Waals surface area contributed by atoms with Gasteiger partial charge in [-0.05, 0) is 43.0 Å². The summed E-state index contributed by atoms with van der Waals surface area (Å²) in [4.78, 5) is 2.83. The summed E-state index contributed by atoms with van der Waals surface area (Å²) in [7, 11) is 0. The molecule has 19 heavy (non-hydrogen) atoms. The van der Waals surface area contributed by atoms with Gasteiger partial charge >= 0.3 is 0 Å². The van der Waals surface area contributed by atoms with Crippen LogP contribution in [0.3, 0.4) is 0 Å². The van der Waals surface area contributed by atoms with Crippen molar-refractivity contribution in [3.8, 4) is 0 Å². The molecule has 1 atom stereocenters. The van der Waals surface area contributed by atoms with Gasteiger partial charge in [0, 0.05) is 20.3 Å². The van der Waals surface area contributed by atoms with Crippen LogP contribution in [0.15, 0.2) is 40.9 Å². The number of halogens is 1. The van der Waals surface area contributed by atoms with Gasteiger partial charge in [-0.15, -0.1) is 11.3 Å². The Balaban J connectivity index is 2.02. The average molecular weight is 339 g/mol. The number of benzene rings is 1. The van der Waals surface area contributed by atoms with Crippen LogP contribution < -0.4 is 11.3 Å². The molecule has 1 aromatic heterocycles. The van der Waals surface area contributed by atoms with Gasteiger partial charge in [-0.2, -0.15) is 0 Å². The molecule has 1 aromatic carbocycles. The maximum absolute atomic E-state index is 5.70. The SMILES string of the molecule is CCc1ccc(CC(Cc2ccccc2Br)NN)s1. The number of nitrogens with two attached hydrogens (primary N) is 1. The van der Waals surface area contributed by atoms with Crippen LogP contribution in [0.5, 0.6) is 0 Å². The Labute approximate surface area is 127 Å². The summed E-state index contributed by atoms with van der Waals surface area (Å²) in [5.41, 5.74) is 4.23. The third kappa shape index (κ3) is 4.14. The second-order valence-corrected chi connectivity index (χ2v) is 6.69. The molecular formula is C15H19BrN2S. The van der Waals surface area contributed by atoms with Gasteiger partial charge in [-0.1, -0.05) is 41.1 Å². The molecule has 4 heteroatoms. The molecule has 3 N–H and O–H groups in total. The number of rotatable bonds is 6. The normalized spacial score (nSPS) is 12.6. The van der Waals surface area contributed by atoms with Gasteiger partial charge in [0.2, 0.25) is 0 Å². The van der Waals surface area contributed by atoms with Crippen LogP contribution in [0, 0.1) is 0 Å². The largest absolute Gasteiger partial charge is 0.271 e. The van der Waals surface area contributed by atoms with Crippen LogP contribution in [-0.2, 0) is 19.3 Å². The molecule has 2 aromatic rings. The van der Waals surface area contributed by atoms with Crippen molar-refractivity contribution in [3.63, 3.8) is 0 Å². The third-order valence-corrected chi connectivity index (χ3v) is 5.20.